The van der Waals surface area contributed by atoms with Gasteiger partial charge in [0.1, 0.15) is 0 Å². The largest absolute Gasteiger partial charge is 0.417 e. The fourth-order valence-electron chi connectivity index (χ4n) is 3.41. The first-order chi connectivity index (χ1) is 16.0. The van der Waals surface area contributed by atoms with Crippen molar-refractivity contribution in [3.8, 4) is 0 Å². The third-order valence-electron chi connectivity index (χ3n) is 5.15. The zero-order chi connectivity index (χ0) is 24.9. The first kappa shape index (κ1) is 25.2. The molecule has 1 fully saturated rings. The number of nitrogens with zero attached hydrogens (tertiary/aromatic N) is 3. The van der Waals surface area contributed by atoms with Crippen LogP contribution >= 0.6 is 11.6 Å². The maximum absolute atomic E-state index is 13.0. The van der Waals surface area contributed by atoms with Gasteiger partial charge in [0.05, 0.1) is 27.6 Å². The highest BCUT2D eigenvalue weighted by molar-refractivity contribution is 6.31. The van der Waals surface area contributed by atoms with Crippen molar-refractivity contribution in [2.45, 2.75) is 6.18 Å². The second kappa shape index (κ2) is 10.7. The summed E-state index contributed by atoms with van der Waals surface area (Å²) >= 11 is 5.58. The van der Waals surface area contributed by atoms with E-state index in [4.69, 9.17) is 11.6 Å². The Balaban J connectivity index is 1.51. The lowest BCUT2D eigenvalue weighted by Gasteiger charge is -2.33. The van der Waals surface area contributed by atoms with E-state index in [0.29, 0.717) is 31.7 Å². The number of benzene rings is 2. The van der Waals surface area contributed by atoms with Crippen molar-refractivity contribution in [2.24, 2.45) is 0 Å². The smallest absolute Gasteiger partial charge is 0.337 e. The molecular weight excluding hydrogens is 477 g/mol. The average molecular weight is 497 g/mol. The van der Waals surface area contributed by atoms with Crippen molar-refractivity contribution in [3.63, 3.8) is 0 Å². The van der Waals surface area contributed by atoms with Crippen LogP contribution in [-0.4, -0.2) is 59.3 Å². The fourth-order valence-corrected chi connectivity index (χ4v) is 3.64. The number of para-hydroxylation sites is 1. The Morgan fingerprint density at radius 3 is 2.44 bits per heavy atom. The van der Waals surface area contributed by atoms with Gasteiger partial charge in [-0.15, -0.1) is 0 Å². The molecule has 1 N–H and O–H groups in total. The average Bonchev–Trinajstić information content (AvgIpc) is 2.78. The molecular formula is C22H20ClF3N4O4. The summed E-state index contributed by atoms with van der Waals surface area (Å²) in [7, 11) is 0. The Bertz CT molecular complexity index is 1120. The topological polar surface area (TPSA) is 95.8 Å². The van der Waals surface area contributed by atoms with Gasteiger partial charge < -0.3 is 10.2 Å². The highest BCUT2D eigenvalue weighted by Gasteiger charge is 2.33. The minimum Gasteiger partial charge on any atom is -0.337 e. The van der Waals surface area contributed by atoms with Crippen LogP contribution in [0.2, 0.25) is 5.02 Å². The summed E-state index contributed by atoms with van der Waals surface area (Å²) in [6, 6.07) is 9.19. The predicted octanol–water partition coefficient (Wildman–Crippen LogP) is 4.06. The summed E-state index contributed by atoms with van der Waals surface area (Å²) in [5.74, 6) is -0.811. The van der Waals surface area contributed by atoms with Gasteiger partial charge in [0.2, 0.25) is 11.8 Å². The van der Waals surface area contributed by atoms with Gasteiger partial charge in [-0.3, -0.25) is 24.6 Å². The Hall–Kier alpha value is -3.44. The highest BCUT2D eigenvalue weighted by Crippen LogP contribution is 2.36. The van der Waals surface area contributed by atoms with Crippen molar-refractivity contribution >= 4 is 40.9 Å². The second-order valence-electron chi connectivity index (χ2n) is 7.49. The summed E-state index contributed by atoms with van der Waals surface area (Å²) in [6.07, 6.45) is -1.98. The van der Waals surface area contributed by atoms with E-state index < -0.39 is 27.6 Å². The van der Waals surface area contributed by atoms with Gasteiger partial charge in [0.15, 0.2) is 0 Å². The number of nitrogens with one attached hydrogen (secondary N) is 1. The number of alkyl halides is 3. The number of carbonyl (C=O) groups is 2. The Kier molecular flexibility index (Phi) is 7.90. The first-order valence-corrected chi connectivity index (χ1v) is 10.5. The van der Waals surface area contributed by atoms with Gasteiger partial charge in [-0.25, -0.2) is 0 Å². The summed E-state index contributed by atoms with van der Waals surface area (Å²) in [5.41, 5.74) is -0.846. The maximum Gasteiger partial charge on any atom is 0.417 e. The van der Waals surface area contributed by atoms with Crippen LogP contribution < -0.4 is 5.32 Å². The van der Waals surface area contributed by atoms with Crippen LogP contribution in [0, 0.1) is 10.1 Å². The lowest BCUT2D eigenvalue weighted by Crippen LogP contribution is -2.50. The minimum atomic E-state index is -4.64. The molecule has 0 radical (unpaired) electrons. The van der Waals surface area contributed by atoms with E-state index in [1.165, 1.54) is 36.4 Å². The molecule has 12 heteroatoms. The molecule has 0 unspecified atom stereocenters. The molecule has 8 nitrogen and oxygen atoms in total. The number of piperazine rings is 1. The number of carbonyl (C=O) groups excluding carboxylic acids is 2. The van der Waals surface area contributed by atoms with E-state index in [9.17, 15) is 32.9 Å². The van der Waals surface area contributed by atoms with Crippen molar-refractivity contribution < 1.29 is 27.7 Å². The highest BCUT2D eigenvalue weighted by atomic mass is 35.5. The van der Waals surface area contributed by atoms with Crippen LogP contribution in [0.3, 0.4) is 0 Å². The molecule has 0 saturated carbocycles. The van der Waals surface area contributed by atoms with Crippen LogP contribution in [0.4, 0.5) is 24.5 Å². The molecule has 34 heavy (non-hydrogen) atoms. The van der Waals surface area contributed by atoms with Gasteiger partial charge >= 0.3 is 6.18 Å². The van der Waals surface area contributed by atoms with E-state index in [1.54, 1.807) is 15.9 Å². The zero-order valence-electron chi connectivity index (χ0n) is 17.7. The van der Waals surface area contributed by atoms with Crippen LogP contribution in [0.1, 0.15) is 11.1 Å². The van der Waals surface area contributed by atoms with E-state index >= 15 is 0 Å². The van der Waals surface area contributed by atoms with Gasteiger partial charge in [0.25, 0.3) is 5.69 Å². The van der Waals surface area contributed by atoms with E-state index in [-0.39, 0.29) is 23.8 Å². The number of rotatable bonds is 6. The number of halogens is 4. The van der Waals surface area contributed by atoms with Gasteiger partial charge in [0, 0.05) is 44.0 Å². The Morgan fingerprint density at radius 1 is 1.12 bits per heavy atom. The number of hydrogen-bond donors (Lipinski definition) is 1. The van der Waals surface area contributed by atoms with E-state index in [0.717, 1.165) is 12.1 Å². The molecule has 0 spiro atoms. The molecule has 0 atom stereocenters. The van der Waals surface area contributed by atoms with Gasteiger partial charge in [-0.1, -0.05) is 23.7 Å². The molecule has 2 aromatic rings. The molecule has 0 aromatic heterocycles. The summed E-state index contributed by atoms with van der Waals surface area (Å²) in [5, 5.41) is 13.0. The van der Waals surface area contributed by atoms with Crippen molar-refractivity contribution in [1.82, 2.24) is 9.80 Å². The summed E-state index contributed by atoms with van der Waals surface area (Å²) in [4.78, 5) is 38.6. The van der Waals surface area contributed by atoms with Gasteiger partial charge in [-0.2, -0.15) is 13.2 Å². The third kappa shape index (κ3) is 6.55. The predicted molar refractivity (Wildman–Crippen MR) is 120 cm³/mol. The normalized spacial score (nSPS) is 14.9. The molecule has 1 aliphatic rings. The lowest BCUT2D eigenvalue weighted by molar-refractivity contribution is -0.385. The fraction of sp³-hybridized carbons (Fsp3) is 0.273. The molecule has 2 amide bonds. The molecule has 0 aliphatic carbocycles. The molecule has 1 heterocycles. The minimum absolute atomic E-state index is 0.0179. The SMILES string of the molecule is O=C(CN1CCN(C(=O)/C=C/c2ccccc2[N+](=O)[O-])CC1)Nc1ccc(Cl)c(C(F)(F)F)c1. The molecule has 2 aromatic carbocycles. The number of nitro benzene ring substituents is 1. The second-order valence-corrected chi connectivity index (χ2v) is 7.90. The third-order valence-corrected chi connectivity index (χ3v) is 5.48. The molecule has 1 saturated heterocycles. The molecule has 0 bridgehead atoms. The Labute approximate surface area is 197 Å². The maximum atomic E-state index is 13.0. The number of hydrogen-bond acceptors (Lipinski definition) is 5. The van der Waals surface area contributed by atoms with Crippen LogP contribution in [0.15, 0.2) is 48.5 Å². The quantitative estimate of drug-likeness (QED) is 0.369. The van der Waals surface area contributed by atoms with E-state index in [1.807, 2.05) is 0 Å². The first-order valence-electron chi connectivity index (χ1n) is 10.1. The molecule has 3 rings (SSSR count). The van der Waals surface area contributed by atoms with Crippen LogP contribution in [-0.2, 0) is 15.8 Å². The van der Waals surface area contributed by atoms with Crippen molar-refractivity contribution in [1.29, 1.82) is 0 Å². The Morgan fingerprint density at radius 2 is 1.79 bits per heavy atom. The van der Waals surface area contributed by atoms with Crippen LogP contribution in [0.25, 0.3) is 6.08 Å². The van der Waals surface area contributed by atoms with Crippen LogP contribution in [0.5, 0.6) is 0 Å². The monoisotopic (exact) mass is 496 g/mol. The van der Waals surface area contributed by atoms with E-state index in [2.05, 4.69) is 5.32 Å². The standard InChI is InChI=1S/C22H20ClF3N4O4/c23-18-7-6-16(13-17(18)22(24,25)26)27-20(31)14-28-9-11-29(12-10-28)21(32)8-5-15-3-1-2-4-19(15)30(33)34/h1-8,13H,9-12,14H2,(H,27,31)/b8-5+. The number of anilines is 1. The lowest BCUT2D eigenvalue weighted by atomic mass is 10.1. The van der Waals surface area contributed by atoms with Crippen molar-refractivity contribution in [2.75, 3.05) is 38.0 Å². The number of nitro groups is 1. The number of amides is 2. The summed E-state index contributed by atoms with van der Waals surface area (Å²) < 4.78 is 38.9. The molecule has 180 valence electrons. The molecule has 1 aliphatic heterocycles. The summed E-state index contributed by atoms with van der Waals surface area (Å²) in [6.45, 7) is 1.36. The van der Waals surface area contributed by atoms with Crippen molar-refractivity contribution in [3.05, 3.63) is 74.8 Å². The van der Waals surface area contributed by atoms with Gasteiger partial charge in [-0.05, 0) is 30.3 Å². The zero-order valence-corrected chi connectivity index (χ0v) is 18.5.